The molecule has 2 aliphatic heterocycles. The molecule has 0 aliphatic carbocycles. The Morgan fingerprint density at radius 3 is 2.76 bits per heavy atom. The average Bonchev–Trinajstić information content (AvgIpc) is 3.22. The number of thioether (sulfide) groups is 2. The van der Waals surface area contributed by atoms with Crippen molar-refractivity contribution in [2.75, 3.05) is 32.3 Å². The second kappa shape index (κ2) is 9.55. The van der Waals surface area contributed by atoms with E-state index in [0.717, 1.165) is 16.7 Å². The normalized spacial score (nSPS) is 23.0. The Kier molecular flexibility index (Phi) is 7.09. The lowest BCUT2D eigenvalue weighted by Gasteiger charge is -2.17. The van der Waals surface area contributed by atoms with E-state index in [1.807, 2.05) is 0 Å². The number of nitrogens with one attached hydrogen (secondary N) is 1. The van der Waals surface area contributed by atoms with Gasteiger partial charge in [0.15, 0.2) is 0 Å². The van der Waals surface area contributed by atoms with E-state index in [9.17, 15) is 19.5 Å². The molecule has 2 saturated heterocycles. The summed E-state index contributed by atoms with van der Waals surface area (Å²) < 4.78 is 10.5. The second-order valence-electron chi connectivity index (χ2n) is 6.47. The molecule has 0 spiro atoms. The van der Waals surface area contributed by atoms with Gasteiger partial charge in [-0.05, 0) is 36.0 Å². The molecule has 156 valence electrons. The van der Waals surface area contributed by atoms with Crippen LogP contribution < -0.4 is 14.8 Å². The summed E-state index contributed by atoms with van der Waals surface area (Å²) in [7, 11) is 3.05. The van der Waals surface area contributed by atoms with Crippen molar-refractivity contribution in [2.24, 2.45) is 0 Å². The predicted molar refractivity (Wildman–Crippen MR) is 112 cm³/mol. The summed E-state index contributed by atoms with van der Waals surface area (Å²) in [6.07, 6.45) is 1.00. The van der Waals surface area contributed by atoms with Crippen LogP contribution in [0.15, 0.2) is 23.1 Å². The maximum Gasteiger partial charge on any atom is 0.293 e. The molecule has 0 bridgehead atoms. The van der Waals surface area contributed by atoms with E-state index in [1.165, 1.54) is 14.2 Å². The van der Waals surface area contributed by atoms with Crippen molar-refractivity contribution >= 4 is 46.7 Å². The smallest absolute Gasteiger partial charge is 0.293 e. The van der Waals surface area contributed by atoms with Crippen molar-refractivity contribution in [3.63, 3.8) is 0 Å². The molecule has 2 aliphatic rings. The molecule has 29 heavy (non-hydrogen) atoms. The molecule has 1 aromatic carbocycles. The van der Waals surface area contributed by atoms with E-state index in [2.05, 4.69) is 5.32 Å². The Hall–Kier alpha value is -2.17. The Bertz CT molecular complexity index is 844. The third kappa shape index (κ3) is 5.06. The first-order valence-corrected chi connectivity index (χ1v) is 10.9. The van der Waals surface area contributed by atoms with Crippen LogP contribution in [0.3, 0.4) is 0 Å². The maximum absolute atomic E-state index is 12.7. The summed E-state index contributed by atoms with van der Waals surface area (Å²) in [6.45, 7) is -0.0148. The fourth-order valence-electron chi connectivity index (χ4n) is 2.96. The minimum atomic E-state index is -0.568. The molecule has 2 atom stereocenters. The maximum atomic E-state index is 12.7. The van der Waals surface area contributed by atoms with Gasteiger partial charge in [-0.3, -0.25) is 19.3 Å². The number of aliphatic hydroxyl groups excluding tert-OH is 1. The van der Waals surface area contributed by atoms with Crippen molar-refractivity contribution in [2.45, 2.75) is 18.6 Å². The van der Waals surface area contributed by atoms with Crippen LogP contribution in [0.2, 0.25) is 0 Å². The van der Waals surface area contributed by atoms with Gasteiger partial charge in [0.1, 0.15) is 11.5 Å². The first kappa shape index (κ1) is 21.5. The van der Waals surface area contributed by atoms with Crippen molar-refractivity contribution < 1.29 is 29.0 Å². The van der Waals surface area contributed by atoms with Gasteiger partial charge in [-0.1, -0.05) is 0 Å². The number of aliphatic hydroxyl groups is 1. The summed E-state index contributed by atoms with van der Waals surface area (Å²) in [5.41, 5.74) is 0.614. The Balaban J connectivity index is 1.65. The lowest BCUT2D eigenvalue weighted by atomic mass is 10.1. The number of carbonyl (C=O) groups is 3. The molecule has 0 saturated carbocycles. The molecule has 8 nitrogen and oxygen atoms in total. The zero-order chi connectivity index (χ0) is 21.0. The number of imide groups is 1. The first-order chi connectivity index (χ1) is 13.9. The molecule has 2 heterocycles. The topological polar surface area (TPSA) is 105 Å². The predicted octanol–water partition coefficient (Wildman–Crippen LogP) is 1.72. The van der Waals surface area contributed by atoms with Gasteiger partial charge < -0.3 is 19.9 Å². The highest BCUT2D eigenvalue weighted by Gasteiger charge is 2.35. The van der Waals surface area contributed by atoms with Crippen LogP contribution in [0.4, 0.5) is 4.79 Å². The lowest BCUT2D eigenvalue weighted by Crippen LogP contribution is -2.43. The minimum absolute atomic E-state index is 0.0122. The van der Waals surface area contributed by atoms with Crippen molar-refractivity contribution in [3.05, 3.63) is 28.7 Å². The van der Waals surface area contributed by atoms with E-state index in [4.69, 9.17) is 9.47 Å². The van der Waals surface area contributed by atoms with Crippen LogP contribution in [0, 0.1) is 0 Å². The van der Waals surface area contributed by atoms with E-state index >= 15 is 0 Å². The van der Waals surface area contributed by atoms with Crippen LogP contribution in [0.25, 0.3) is 6.08 Å². The van der Waals surface area contributed by atoms with Gasteiger partial charge >= 0.3 is 0 Å². The van der Waals surface area contributed by atoms with Crippen molar-refractivity contribution in [1.29, 1.82) is 0 Å². The van der Waals surface area contributed by atoms with E-state index in [1.54, 1.807) is 36.0 Å². The largest absolute Gasteiger partial charge is 0.497 e. The quantitative estimate of drug-likeness (QED) is 0.620. The summed E-state index contributed by atoms with van der Waals surface area (Å²) in [4.78, 5) is 38.3. The number of benzene rings is 1. The fraction of sp³-hybridized carbons (Fsp3) is 0.421. The zero-order valence-corrected chi connectivity index (χ0v) is 17.7. The van der Waals surface area contributed by atoms with Gasteiger partial charge in [0.05, 0.1) is 31.3 Å². The molecule has 0 aromatic heterocycles. The molecule has 2 N–H and O–H groups in total. The molecule has 1 aromatic rings. The van der Waals surface area contributed by atoms with Gasteiger partial charge in [0, 0.05) is 30.0 Å². The Labute approximate surface area is 177 Å². The molecule has 0 unspecified atom stereocenters. The zero-order valence-electron chi connectivity index (χ0n) is 16.0. The highest BCUT2D eigenvalue weighted by atomic mass is 32.2. The molecule has 10 heteroatoms. The molecular weight excluding hydrogens is 416 g/mol. The van der Waals surface area contributed by atoms with Gasteiger partial charge in [-0.15, -0.1) is 0 Å². The van der Waals surface area contributed by atoms with Crippen molar-refractivity contribution in [1.82, 2.24) is 10.2 Å². The Morgan fingerprint density at radius 2 is 2.10 bits per heavy atom. The number of methoxy groups -OCH3 is 2. The number of hydrogen-bond donors (Lipinski definition) is 2. The van der Waals surface area contributed by atoms with E-state index in [0.29, 0.717) is 28.6 Å². The van der Waals surface area contributed by atoms with Gasteiger partial charge in [-0.25, -0.2) is 0 Å². The highest BCUT2D eigenvalue weighted by Crippen LogP contribution is 2.35. The minimum Gasteiger partial charge on any atom is -0.497 e. The molecule has 2 fully saturated rings. The molecule has 3 rings (SSSR count). The van der Waals surface area contributed by atoms with Crippen LogP contribution in [-0.4, -0.2) is 71.5 Å². The Morgan fingerprint density at radius 1 is 1.31 bits per heavy atom. The van der Waals surface area contributed by atoms with Crippen LogP contribution in [0.5, 0.6) is 11.5 Å². The molecule has 3 amide bonds. The van der Waals surface area contributed by atoms with E-state index in [-0.39, 0.29) is 29.8 Å². The molecular formula is C19H22N2O6S2. The number of hydrogen-bond acceptors (Lipinski definition) is 8. The highest BCUT2D eigenvalue weighted by molar-refractivity contribution is 8.18. The monoisotopic (exact) mass is 438 g/mol. The number of nitrogens with zero attached hydrogens (tertiary/aromatic N) is 1. The lowest BCUT2D eigenvalue weighted by molar-refractivity contribution is -0.124. The van der Waals surface area contributed by atoms with Crippen LogP contribution in [0.1, 0.15) is 12.0 Å². The van der Waals surface area contributed by atoms with Gasteiger partial charge in [0.2, 0.25) is 5.91 Å². The fourth-order valence-corrected chi connectivity index (χ4v) is 4.98. The number of amides is 3. The number of rotatable bonds is 7. The number of carbonyl (C=O) groups excluding carboxylic acids is 3. The summed E-state index contributed by atoms with van der Waals surface area (Å²) in [5.74, 6) is 1.64. The van der Waals surface area contributed by atoms with Gasteiger partial charge in [-0.2, -0.15) is 11.8 Å². The van der Waals surface area contributed by atoms with Crippen LogP contribution >= 0.6 is 23.5 Å². The standard InChI is InChI=1S/C19H22N2O6S2/c1-26-12-3-4-15(27-2)11(7-12)8-16-18(24)21(19(25)29-16)6-5-17(23)20-13-9-28-10-14(13)22/h3-4,7-8,13-14,22H,5-6,9-10H2,1-2H3,(H,20,23)/b16-8-/t13-,14+/m0/s1. The summed E-state index contributed by atoms with van der Waals surface area (Å²) >= 11 is 2.39. The average molecular weight is 439 g/mol. The third-order valence-electron chi connectivity index (χ3n) is 4.56. The number of ether oxygens (including phenoxy) is 2. The summed E-state index contributed by atoms with van der Waals surface area (Å²) in [5, 5.41) is 12.1. The van der Waals surface area contributed by atoms with Crippen molar-refractivity contribution in [3.8, 4) is 11.5 Å². The van der Waals surface area contributed by atoms with Crippen LogP contribution in [-0.2, 0) is 9.59 Å². The third-order valence-corrected chi connectivity index (χ3v) is 6.64. The van der Waals surface area contributed by atoms with Gasteiger partial charge in [0.25, 0.3) is 11.1 Å². The first-order valence-electron chi connectivity index (χ1n) is 8.95. The second-order valence-corrected chi connectivity index (χ2v) is 8.54. The summed E-state index contributed by atoms with van der Waals surface area (Å²) in [6, 6.07) is 4.88. The van der Waals surface area contributed by atoms with E-state index < -0.39 is 17.3 Å². The molecule has 0 radical (unpaired) electrons. The SMILES string of the molecule is COc1ccc(OC)c(/C=C2\SC(=O)N(CCC(=O)N[C@H]3CSC[C@H]3O)C2=O)c1.